The molecule has 1 aromatic heterocycles. The van der Waals surface area contributed by atoms with Crippen LogP contribution in [0, 0.1) is 0 Å². The Morgan fingerprint density at radius 3 is 2.50 bits per heavy atom. The van der Waals surface area contributed by atoms with E-state index in [-0.39, 0.29) is 0 Å². The number of hydrogen-bond donors (Lipinski definition) is 0. The Morgan fingerprint density at radius 2 is 1.83 bits per heavy atom. The average Bonchev–Trinajstić information content (AvgIpc) is 2.31. The van der Waals surface area contributed by atoms with Crippen molar-refractivity contribution < 1.29 is 12.9 Å². The van der Waals surface area contributed by atoms with E-state index in [0.717, 1.165) is 9.95 Å². The maximum absolute atomic E-state index is 12.5. The van der Waals surface area contributed by atoms with Gasteiger partial charge in [0.2, 0.25) is 0 Å². The Bertz CT molecular complexity index is 660. The average molecular weight is 252 g/mol. The summed E-state index contributed by atoms with van der Waals surface area (Å²) in [7, 11) is 0. The second-order valence-corrected chi connectivity index (χ2v) is 4.05. The molecule has 0 aliphatic heterocycles. The molecule has 2 nitrogen and oxygen atoms in total. The minimum atomic E-state index is -5.13. The molecule has 0 atom stereocenters. The van der Waals surface area contributed by atoms with Gasteiger partial charge >= 0.3 is 6.98 Å². The summed E-state index contributed by atoms with van der Waals surface area (Å²) in [6.45, 7) is -2.64. The highest BCUT2D eigenvalue weighted by Gasteiger charge is 2.27. The summed E-state index contributed by atoms with van der Waals surface area (Å²) in [5.41, 5.74) is -0.866. The molecule has 0 saturated heterocycles. The first-order valence-corrected chi connectivity index (χ1v) is 5.36. The van der Waals surface area contributed by atoms with E-state index in [2.05, 4.69) is 6.58 Å². The first kappa shape index (κ1) is 12.5. The van der Waals surface area contributed by atoms with Gasteiger partial charge in [0.05, 0.1) is 5.52 Å². The lowest BCUT2D eigenvalue weighted by Gasteiger charge is -2.19. The standard InChI is InChI=1S/C12H10BF3NO/c1-9(13(14,15)16)8-17-11-5-3-2-4-10(11)6-7-12(17)18/h2-7H,1,8H2/q-1. The van der Waals surface area contributed by atoms with Crippen LogP contribution in [0.3, 0.4) is 0 Å². The number of para-hydroxylation sites is 1. The summed E-state index contributed by atoms with van der Waals surface area (Å²) in [5, 5.41) is 0.722. The molecule has 2 aromatic rings. The molecule has 18 heavy (non-hydrogen) atoms. The summed E-state index contributed by atoms with van der Waals surface area (Å²) in [6.07, 6.45) is 0. The van der Waals surface area contributed by atoms with Gasteiger partial charge in [-0.15, -0.1) is 12.1 Å². The van der Waals surface area contributed by atoms with Crippen LogP contribution in [0.5, 0.6) is 0 Å². The van der Waals surface area contributed by atoms with E-state index in [1.54, 1.807) is 30.3 Å². The number of nitrogens with zero attached hydrogens (tertiary/aromatic N) is 1. The van der Waals surface area contributed by atoms with E-state index in [0.29, 0.717) is 5.52 Å². The fraction of sp³-hybridized carbons (Fsp3) is 0.0833. The fourth-order valence-electron chi connectivity index (χ4n) is 1.71. The van der Waals surface area contributed by atoms with Crippen LogP contribution < -0.4 is 5.56 Å². The molecule has 6 heteroatoms. The number of aromatic nitrogens is 1. The van der Waals surface area contributed by atoms with Crippen molar-refractivity contribution in [1.29, 1.82) is 0 Å². The Balaban J connectivity index is 2.54. The quantitative estimate of drug-likeness (QED) is 0.769. The lowest BCUT2D eigenvalue weighted by atomic mass is 9.80. The Kier molecular flexibility index (Phi) is 3.03. The lowest BCUT2D eigenvalue weighted by Crippen LogP contribution is -2.27. The van der Waals surface area contributed by atoms with E-state index in [1.165, 1.54) is 6.07 Å². The number of pyridine rings is 1. The van der Waals surface area contributed by atoms with Gasteiger partial charge in [-0.3, -0.25) is 4.79 Å². The number of fused-ring (bicyclic) bond motifs is 1. The molecule has 0 amide bonds. The minimum Gasteiger partial charge on any atom is -0.445 e. The van der Waals surface area contributed by atoms with E-state index < -0.39 is 24.6 Å². The SMILES string of the molecule is C=C(Cn1c(=O)ccc2ccccc21)[B-](F)(F)F. The minimum absolute atomic E-state index is 0.463. The summed E-state index contributed by atoms with van der Waals surface area (Å²) in [5.74, 6) is 0. The summed E-state index contributed by atoms with van der Waals surface area (Å²) in [6, 6.07) is 9.66. The first-order chi connectivity index (χ1) is 8.39. The van der Waals surface area contributed by atoms with Crippen LogP contribution in [0.25, 0.3) is 10.9 Å². The molecule has 0 aliphatic rings. The van der Waals surface area contributed by atoms with Crippen molar-refractivity contribution in [1.82, 2.24) is 4.57 Å². The first-order valence-electron chi connectivity index (χ1n) is 5.36. The predicted octanol–water partition coefficient (Wildman–Crippen LogP) is 2.94. The highest BCUT2D eigenvalue weighted by Crippen LogP contribution is 2.21. The topological polar surface area (TPSA) is 22.0 Å². The van der Waals surface area contributed by atoms with Gasteiger partial charge in [0.15, 0.2) is 0 Å². The van der Waals surface area contributed by atoms with Gasteiger partial charge < -0.3 is 17.5 Å². The second kappa shape index (κ2) is 4.36. The zero-order chi connectivity index (χ0) is 13.3. The van der Waals surface area contributed by atoms with Crippen LogP contribution in [0.1, 0.15) is 0 Å². The third-order valence-corrected chi connectivity index (χ3v) is 2.72. The number of rotatable bonds is 3. The number of hydrogen-bond acceptors (Lipinski definition) is 1. The second-order valence-electron chi connectivity index (χ2n) is 4.05. The monoisotopic (exact) mass is 252 g/mol. The van der Waals surface area contributed by atoms with Crippen LogP contribution >= 0.6 is 0 Å². The van der Waals surface area contributed by atoms with Gasteiger partial charge in [0.25, 0.3) is 5.56 Å². The molecule has 0 N–H and O–H groups in total. The maximum atomic E-state index is 12.5. The summed E-state index contributed by atoms with van der Waals surface area (Å²) in [4.78, 5) is 11.7. The van der Waals surface area contributed by atoms with Gasteiger partial charge in [-0.05, 0) is 17.5 Å². The molecule has 0 aliphatic carbocycles. The van der Waals surface area contributed by atoms with Crippen molar-refractivity contribution in [3.63, 3.8) is 0 Å². The van der Waals surface area contributed by atoms with Gasteiger partial charge in [0, 0.05) is 12.6 Å². The van der Waals surface area contributed by atoms with Gasteiger partial charge in [-0.1, -0.05) is 18.2 Å². The zero-order valence-corrected chi connectivity index (χ0v) is 9.45. The zero-order valence-electron chi connectivity index (χ0n) is 9.45. The van der Waals surface area contributed by atoms with E-state index >= 15 is 0 Å². The molecule has 0 fully saturated rings. The van der Waals surface area contributed by atoms with Gasteiger partial charge in [-0.2, -0.15) is 0 Å². The van der Waals surface area contributed by atoms with Crippen LogP contribution in [0.4, 0.5) is 12.9 Å². The molecule has 2 rings (SSSR count). The normalized spacial score (nSPS) is 11.7. The molecule has 0 spiro atoms. The highest BCUT2D eigenvalue weighted by molar-refractivity contribution is 6.66. The van der Waals surface area contributed by atoms with Crippen LogP contribution in [0.2, 0.25) is 0 Å². The van der Waals surface area contributed by atoms with E-state index in [1.807, 2.05) is 0 Å². The maximum Gasteiger partial charge on any atom is 0.506 e. The number of halogens is 3. The van der Waals surface area contributed by atoms with Crippen LogP contribution in [-0.2, 0) is 6.54 Å². The van der Waals surface area contributed by atoms with Crippen molar-refractivity contribution in [3.8, 4) is 0 Å². The van der Waals surface area contributed by atoms with E-state index in [4.69, 9.17) is 0 Å². The predicted molar refractivity (Wildman–Crippen MR) is 66.4 cm³/mol. The molecule has 0 unspecified atom stereocenters. The Morgan fingerprint density at radius 1 is 1.17 bits per heavy atom. The van der Waals surface area contributed by atoms with Gasteiger partial charge in [0.1, 0.15) is 0 Å². The number of benzene rings is 1. The molecular formula is C12H10BF3NO-. The smallest absolute Gasteiger partial charge is 0.445 e. The number of allylic oxidation sites excluding steroid dienone is 1. The summed E-state index contributed by atoms with van der Waals surface area (Å²) < 4.78 is 38.6. The molecule has 1 aromatic carbocycles. The fourth-order valence-corrected chi connectivity index (χ4v) is 1.71. The Labute approximate surface area is 101 Å². The lowest BCUT2D eigenvalue weighted by molar-refractivity contribution is 0.482. The van der Waals surface area contributed by atoms with Crippen LogP contribution in [0.15, 0.2) is 53.2 Å². The molecule has 0 radical (unpaired) electrons. The summed E-state index contributed by atoms with van der Waals surface area (Å²) >= 11 is 0. The van der Waals surface area contributed by atoms with Crippen molar-refractivity contribution in [2.45, 2.75) is 6.54 Å². The van der Waals surface area contributed by atoms with Crippen molar-refractivity contribution >= 4 is 17.9 Å². The Hall–Kier alpha value is -1.98. The van der Waals surface area contributed by atoms with Crippen molar-refractivity contribution in [2.75, 3.05) is 0 Å². The van der Waals surface area contributed by atoms with Crippen molar-refractivity contribution in [2.24, 2.45) is 0 Å². The molecular weight excluding hydrogens is 242 g/mol. The largest absolute Gasteiger partial charge is 0.506 e. The highest BCUT2D eigenvalue weighted by atomic mass is 19.4. The third-order valence-electron chi connectivity index (χ3n) is 2.72. The van der Waals surface area contributed by atoms with E-state index in [9.17, 15) is 17.7 Å². The molecule has 0 bridgehead atoms. The molecule has 1 heterocycles. The molecule has 94 valence electrons. The third kappa shape index (κ3) is 2.32. The van der Waals surface area contributed by atoms with Gasteiger partial charge in [-0.25, -0.2) is 0 Å². The van der Waals surface area contributed by atoms with Crippen molar-refractivity contribution in [3.05, 3.63) is 58.8 Å². The van der Waals surface area contributed by atoms with Crippen LogP contribution in [-0.4, -0.2) is 11.5 Å². The molecule has 0 saturated carbocycles.